The molecule has 3 aromatic rings. The summed E-state index contributed by atoms with van der Waals surface area (Å²) >= 11 is 0. The van der Waals surface area contributed by atoms with E-state index in [1.807, 2.05) is 18.2 Å². The SMILES string of the molecule is N#Cc1ccccc1NC(=O)c1ccnc(N2CCN(c3ccccn3)CC2)c1. The summed E-state index contributed by atoms with van der Waals surface area (Å²) < 4.78 is 0. The fraction of sp³-hybridized carbons (Fsp3) is 0.182. The van der Waals surface area contributed by atoms with Crippen molar-refractivity contribution in [1.82, 2.24) is 9.97 Å². The first kappa shape index (κ1) is 18.4. The largest absolute Gasteiger partial charge is 0.353 e. The number of para-hydroxylation sites is 1. The molecule has 1 N–H and O–H groups in total. The molecule has 144 valence electrons. The fourth-order valence-corrected chi connectivity index (χ4v) is 3.32. The zero-order valence-corrected chi connectivity index (χ0v) is 15.8. The minimum Gasteiger partial charge on any atom is -0.353 e. The molecule has 0 bridgehead atoms. The average Bonchev–Trinajstić information content (AvgIpc) is 2.80. The van der Waals surface area contributed by atoms with Gasteiger partial charge in [-0.1, -0.05) is 18.2 Å². The lowest BCUT2D eigenvalue weighted by atomic mass is 10.1. The van der Waals surface area contributed by atoms with Crippen LogP contribution in [0.1, 0.15) is 15.9 Å². The Morgan fingerprint density at radius 1 is 0.897 bits per heavy atom. The third kappa shape index (κ3) is 4.17. The van der Waals surface area contributed by atoms with Crippen LogP contribution in [0.5, 0.6) is 0 Å². The monoisotopic (exact) mass is 384 g/mol. The zero-order valence-electron chi connectivity index (χ0n) is 15.8. The van der Waals surface area contributed by atoms with Gasteiger partial charge in [-0.3, -0.25) is 4.79 Å². The van der Waals surface area contributed by atoms with Crippen LogP contribution in [-0.4, -0.2) is 42.1 Å². The van der Waals surface area contributed by atoms with Crippen molar-refractivity contribution in [2.75, 3.05) is 41.3 Å². The second-order valence-electron chi connectivity index (χ2n) is 6.68. The maximum absolute atomic E-state index is 12.7. The lowest BCUT2D eigenvalue weighted by Gasteiger charge is -2.36. The van der Waals surface area contributed by atoms with Gasteiger partial charge >= 0.3 is 0 Å². The molecule has 0 aliphatic carbocycles. The Morgan fingerprint density at radius 3 is 2.31 bits per heavy atom. The summed E-state index contributed by atoms with van der Waals surface area (Å²) in [6.07, 6.45) is 3.45. The Kier molecular flexibility index (Phi) is 5.34. The standard InChI is InChI=1S/C22H20N6O/c23-16-18-5-1-2-6-19(18)26-22(29)17-8-10-25-21(15-17)28-13-11-27(12-14-28)20-7-3-4-9-24-20/h1-10,15H,11-14H2,(H,26,29). The van der Waals surface area contributed by atoms with Crippen molar-refractivity contribution in [1.29, 1.82) is 5.26 Å². The lowest BCUT2D eigenvalue weighted by molar-refractivity contribution is 0.102. The first-order valence-electron chi connectivity index (χ1n) is 9.42. The van der Waals surface area contributed by atoms with Crippen LogP contribution >= 0.6 is 0 Å². The number of nitrogens with one attached hydrogen (secondary N) is 1. The lowest BCUT2D eigenvalue weighted by Crippen LogP contribution is -2.47. The van der Waals surface area contributed by atoms with Gasteiger partial charge in [0, 0.05) is 44.1 Å². The van der Waals surface area contributed by atoms with Crippen molar-refractivity contribution < 1.29 is 4.79 Å². The smallest absolute Gasteiger partial charge is 0.255 e. The molecule has 29 heavy (non-hydrogen) atoms. The van der Waals surface area contributed by atoms with Gasteiger partial charge in [-0.2, -0.15) is 5.26 Å². The second-order valence-corrected chi connectivity index (χ2v) is 6.68. The van der Waals surface area contributed by atoms with Crippen molar-refractivity contribution in [3.05, 3.63) is 78.1 Å². The molecule has 1 aliphatic rings. The molecule has 4 rings (SSSR count). The van der Waals surface area contributed by atoms with Crippen LogP contribution in [0.15, 0.2) is 67.0 Å². The van der Waals surface area contributed by atoms with Crippen molar-refractivity contribution in [3.8, 4) is 6.07 Å². The van der Waals surface area contributed by atoms with Crippen LogP contribution in [0.2, 0.25) is 0 Å². The minimum absolute atomic E-state index is 0.261. The highest BCUT2D eigenvalue weighted by Crippen LogP contribution is 2.20. The molecular weight excluding hydrogens is 364 g/mol. The molecule has 0 spiro atoms. The van der Waals surface area contributed by atoms with Crippen molar-refractivity contribution in [2.24, 2.45) is 0 Å². The topological polar surface area (TPSA) is 85.1 Å². The summed E-state index contributed by atoms with van der Waals surface area (Å²) in [5.41, 5.74) is 1.44. The number of piperazine rings is 1. The van der Waals surface area contributed by atoms with Crippen molar-refractivity contribution in [3.63, 3.8) is 0 Å². The maximum Gasteiger partial charge on any atom is 0.255 e. The maximum atomic E-state index is 12.7. The van der Waals surface area contributed by atoms with E-state index in [9.17, 15) is 10.1 Å². The third-order valence-corrected chi connectivity index (χ3v) is 4.88. The van der Waals surface area contributed by atoms with E-state index in [1.165, 1.54) is 0 Å². The number of nitrogens with zero attached hydrogens (tertiary/aromatic N) is 5. The predicted molar refractivity (Wildman–Crippen MR) is 112 cm³/mol. The van der Waals surface area contributed by atoms with E-state index in [-0.39, 0.29) is 5.91 Å². The highest BCUT2D eigenvalue weighted by molar-refractivity contribution is 6.05. The van der Waals surface area contributed by atoms with Crippen LogP contribution in [0.4, 0.5) is 17.3 Å². The molecule has 7 heteroatoms. The van der Waals surface area contributed by atoms with Crippen LogP contribution in [-0.2, 0) is 0 Å². The number of carbonyl (C=O) groups is 1. The molecule has 0 radical (unpaired) electrons. The predicted octanol–water partition coefficient (Wildman–Crippen LogP) is 2.93. The number of amides is 1. The van der Waals surface area contributed by atoms with Gasteiger partial charge in [0.2, 0.25) is 0 Å². The summed E-state index contributed by atoms with van der Waals surface area (Å²) in [4.78, 5) is 25.9. The number of nitriles is 1. The van der Waals surface area contributed by atoms with Gasteiger partial charge in [0.05, 0.1) is 11.3 Å². The number of aromatic nitrogens is 2. The van der Waals surface area contributed by atoms with Crippen LogP contribution < -0.4 is 15.1 Å². The van der Waals surface area contributed by atoms with Gasteiger partial charge in [0.15, 0.2) is 0 Å². The summed E-state index contributed by atoms with van der Waals surface area (Å²) in [6, 6.07) is 18.4. The molecule has 1 aliphatic heterocycles. The summed E-state index contributed by atoms with van der Waals surface area (Å²) in [6.45, 7) is 3.27. The molecule has 0 unspecified atom stereocenters. The number of carbonyl (C=O) groups excluding carboxylic acids is 1. The fourth-order valence-electron chi connectivity index (χ4n) is 3.32. The third-order valence-electron chi connectivity index (χ3n) is 4.88. The van der Waals surface area contributed by atoms with E-state index in [2.05, 4.69) is 31.2 Å². The van der Waals surface area contributed by atoms with Crippen molar-refractivity contribution >= 4 is 23.2 Å². The molecule has 1 fully saturated rings. The van der Waals surface area contributed by atoms with E-state index >= 15 is 0 Å². The zero-order chi connectivity index (χ0) is 20.1. The Bertz CT molecular complexity index is 1040. The van der Waals surface area contributed by atoms with Crippen molar-refractivity contribution in [2.45, 2.75) is 0 Å². The van der Waals surface area contributed by atoms with E-state index in [4.69, 9.17) is 0 Å². The number of anilines is 3. The second kappa shape index (κ2) is 8.40. The Balaban J connectivity index is 1.44. The summed E-state index contributed by atoms with van der Waals surface area (Å²) in [5, 5.41) is 12.0. The van der Waals surface area contributed by atoms with E-state index in [0.29, 0.717) is 16.8 Å². The first-order chi connectivity index (χ1) is 14.2. The van der Waals surface area contributed by atoms with Crippen LogP contribution in [0, 0.1) is 11.3 Å². The van der Waals surface area contributed by atoms with Gasteiger partial charge in [-0.15, -0.1) is 0 Å². The highest BCUT2D eigenvalue weighted by Gasteiger charge is 2.20. The number of pyridine rings is 2. The molecular formula is C22H20N6O. The van der Waals surface area contributed by atoms with Gasteiger partial charge in [-0.05, 0) is 36.4 Å². The molecule has 2 aromatic heterocycles. The quantitative estimate of drug-likeness (QED) is 0.744. The number of hydrogen-bond donors (Lipinski definition) is 1. The number of hydrogen-bond acceptors (Lipinski definition) is 6. The average molecular weight is 384 g/mol. The van der Waals surface area contributed by atoms with Gasteiger partial charge in [0.25, 0.3) is 5.91 Å². The normalized spacial score (nSPS) is 13.6. The molecule has 3 heterocycles. The molecule has 1 aromatic carbocycles. The molecule has 0 saturated carbocycles. The van der Waals surface area contributed by atoms with Gasteiger partial charge in [-0.25, -0.2) is 9.97 Å². The highest BCUT2D eigenvalue weighted by atomic mass is 16.1. The molecule has 0 atom stereocenters. The number of benzene rings is 1. The van der Waals surface area contributed by atoms with E-state index < -0.39 is 0 Å². The van der Waals surface area contributed by atoms with Gasteiger partial charge in [0.1, 0.15) is 17.7 Å². The van der Waals surface area contributed by atoms with E-state index in [0.717, 1.165) is 37.8 Å². The Hall–Kier alpha value is -3.92. The Labute approximate surface area is 169 Å². The van der Waals surface area contributed by atoms with Crippen LogP contribution in [0.25, 0.3) is 0 Å². The minimum atomic E-state index is -0.261. The Morgan fingerprint density at radius 2 is 1.59 bits per heavy atom. The van der Waals surface area contributed by atoms with Gasteiger partial charge < -0.3 is 15.1 Å². The van der Waals surface area contributed by atoms with Crippen LogP contribution in [0.3, 0.4) is 0 Å². The molecule has 7 nitrogen and oxygen atoms in total. The molecule has 1 saturated heterocycles. The summed E-state index contributed by atoms with van der Waals surface area (Å²) in [5.74, 6) is 1.49. The van der Waals surface area contributed by atoms with E-state index in [1.54, 1.807) is 48.8 Å². The first-order valence-corrected chi connectivity index (χ1v) is 9.42. The number of rotatable bonds is 4. The molecule has 1 amide bonds. The summed E-state index contributed by atoms with van der Waals surface area (Å²) in [7, 11) is 0.